The molecule has 37 heavy (non-hydrogen) atoms. The Kier molecular flexibility index (Phi) is 8.15. The number of esters is 1. The fourth-order valence-corrected chi connectivity index (χ4v) is 5.09. The highest BCUT2D eigenvalue weighted by Gasteiger charge is 2.33. The fourth-order valence-electron chi connectivity index (χ4n) is 4.08. The maximum Gasteiger partial charge on any atom is 0.337 e. The molecule has 0 bridgehead atoms. The maximum atomic E-state index is 13.3. The predicted molar refractivity (Wildman–Crippen MR) is 146 cm³/mol. The van der Waals surface area contributed by atoms with Gasteiger partial charge in [0, 0.05) is 24.2 Å². The molecule has 0 aliphatic carbocycles. The molecule has 8 nitrogen and oxygen atoms in total. The smallest absolute Gasteiger partial charge is 0.337 e. The largest absolute Gasteiger partial charge is 0.497 e. The van der Waals surface area contributed by atoms with Crippen LogP contribution in [0.3, 0.4) is 0 Å². The summed E-state index contributed by atoms with van der Waals surface area (Å²) in [4.78, 5) is 32.1. The summed E-state index contributed by atoms with van der Waals surface area (Å²) < 4.78 is 17.3. The number of thioether (sulfide) groups is 1. The van der Waals surface area contributed by atoms with Gasteiger partial charge in [0.05, 0.1) is 43.5 Å². The summed E-state index contributed by atoms with van der Waals surface area (Å²) in [7, 11) is 4.59. The van der Waals surface area contributed by atoms with Crippen molar-refractivity contribution in [2.45, 2.75) is 13.8 Å². The van der Waals surface area contributed by atoms with Crippen LogP contribution in [0.15, 0.2) is 64.5 Å². The van der Waals surface area contributed by atoms with Crippen LogP contribution in [0.1, 0.15) is 27.3 Å². The molecule has 1 aliphatic rings. The highest BCUT2D eigenvalue weighted by Crippen LogP contribution is 2.35. The van der Waals surface area contributed by atoms with Crippen molar-refractivity contribution in [2.24, 2.45) is 4.99 Å². The van der Waals surface area contributed by atoms with E-state index >= 15 is 0 Å². The van der Waals surface area contributed by atoms with Crippen molar-refractivity contribution in [3.05, 3.63) is 82.0 Å². The number of aromatic nitrogens is 1. The Hall–Kier alpha value is -3.82. The lowest BCUT2D eigenvalue weighted by molar-refractivity contribution is -0.122. The van der Waals surface area contributed by atoms with E-state index in [4.69, 9.17) is 19.2 Å². The Morgan fingerprint density at radius 1 is 1.03 bits per heavy atom. The number of ether oxygens (including phenoxy) is 3. The van der Waals surface area contributed by atoms with Gasteiger partial charge in [-0.1, -0.05) is 0 Å². The number of rotatable bonds is 8. The molecule has 1 aromatic heterocycles. The second kappa shape index (κ2) is 11.5. The molecule has 1 saturated heterocycles. The van der Waals surface area contributed by atoms with Gasteiger partial charge < -0.3 is 18.8 Å². The number of hydrogen-bond acceptors (Lipinski definition) is 7. The van der Waals surface area contributed by atoms with Crippen molar-refractivity contribution in [2.75, 3.05) is 34.5 Å². The minimum atomic E-state index is -0.375. The second-order valence-corrected chi connectivity index (χ2v) is 9.36. The molecule has 0 saturated carbocycles. The number of amidine groups is 1. The topological polar surface area (TPSA) is 82.4 Å². The molecule has 192 valence electrons. The van der Waals surface area contributed by atoms with Crippen LogP contribution in [-0.4, -0.2) is 61.0 Å². The number of carbonyl (C=O) groups is 2. The third-order valence-corrected chi connectivity index (χ3v) is 7.01. The quantitative estimate of drug-likeness (QED) is 0.303. The van der Waals surface area contributed by atoms with E-state index < -0.39 is 0 Å². The number of carbonyl (C=O) groups excluding carboxylic acids is 2. The molecule has 2 aromatic carbocycles. The summed E-state index contributed by atoms with van der Waals surface area (Å²) >= 11 is 1.34. The first-order chi connectivity index (χ1) is 17.9. The van der Waals surface area contributed by atoms with Gasteiger partial charge in [-0.3, -0.25) is 9.69 Å². The third kappa shape index (κ3) is 5.63. The van der Waals surface area contributed by atoms with Crippen molar-refractivity contribution >= 4 is 40.6 Å². The maximum absolute atomic E-state index is 13.3. The zero-order valence-electron chi connectivity index (χ0n) is 21.5. The molecule has 0 spiro atoms. The molecule has 4 rings (SSSR count). The molecule has 0 N–H and O–H groups in total. The number of benzene rings is 2. The molecule has 9 heteroatoms. The van der Waals surface area contributed by atoms with Crippen LogP contribution in [0.25, 0.3) is 11.8 Å². The number of methoxy groups -OCH3 is 3. The molecular formula is C28H29N3O5S. The van der Waals surface area contributed by atoms with E-state index in [2.05, 4.69) is 4.57 Å². The van der Waals surface area contributed by atoms with Gasteiger partial charge in [-0.2, -0.15) is 0 Å². The number of aliphatic imine (C=N–C) groups is 1. The van der Waals surface area contributed by atoms with E-state index in [0.29, 0.717) is 28.8 Å². The molecule has 1 fully saturated rings. The minimum Gasteiger partial charge on any atom is -0.497 e. The molecule has 1 amide bonds. The van der Waals surface area contributed by atoms with E-state index in [1.165, 1.54) is 18.9 Å². The number of nitrogens with zero attached hydrogens (tertiary/aromatic N) is 3. The number of amides is 1. The van der Waals surface area contributed by atoms with Crippen molar-refractivity contribution in [1.82, 2.24) is 9.47 Å². The number of hydrogen-bond donors (Lipinski definition) is 0. The third-order valence-electron chi connectivity index (χ3n) is 6.01. The summed E-state index contributed by atoms with van der Waals surface area (Å²) in [5.74, 6) is 0.257. The zero-order valence-corrected chi connectivity index (χ0v) is 22.3. The minimum absolute atomic E-state index is 0.110. The van der Waals surface area contributed by atoms with Gasteiger partial charge >= 0.3 is 5.97 Å². The van der Waals surface area contributed by atoms with Crippen LogP contribution in [0, 0.1) is 13.8 Å². The van der Waals surface area contributed by atoms with Crippen molar-refractivity contribution in [3.63, 3.8) is 0 Å². The van der Waals surface area contributed by atoms with Crippen LogP contribution in [-0.2, 0) is 14.3 Å². The van der Waals surface area contributed by atoms with Crippen LogP contribution in [0.4, 0.5) is 5.69 Å². The standard InChI is InChI=1S/C28H29N3O5S/c1-18-16-21(19(2)31(18)23-10-6-20(7-11-23)27(33)36-5)17-25-26(32)30(14-15-34-3)28(37-25)29-22-8-12-24(35-4)13-9-22/h6-13,16-17H,14-15H2,1-5H3/b25-17-,29-28?. The molecular weight excluding hydrogens is 490 g/mol. The normalized spacial score (nSPS) is 15.6. The van der Waals surface area contributed by atoms with Gasteiger partial charge in [-0.15, -0.1) is 0 Å². The Morgan fingerprint density at radius 3 is 2.35 bits per heavy atom. The summed E-state index contributed by atoms with van der Waals surface area (Å²) in [6, 6.07) is 16.7. The van der Waals surface area contributed by atoms with Crippen LogP contribution >= 0.6 is 11.8 Å². The van der Waals surface area contributed by atoms with E-state index in [0.717, 1.165) is 34.1 Å². The van der Waals surface area contributed by atoms with Gasteiger partial charge in [0.2, 0.25) is 0 Å². The van der Waals surface area contributed by atoms with Gasteiger partial charge in [-0.05, 0) is 91.8 Å². The summed E-state index contributed by atoms with van der Waals surface area (Å²) in [5, 5.41) is 0.602. The van der Waals surface area contributed by atoms with Crippen LogP contribution < -0.4 is 4.74 Å². The summed E-state index contributed by atoms with van der Waals surface area (Å²) in [6.07, 6.45) is 1.91. The average molecular weight is 520 g/mol. The predicted octanol–water partition coefficient (Wildman–Crippen LogP) is 5.14. The monoisotopic (exact) mass is 519 g/mol. The van der Waals surface area contributed by atoms with Gasteiger partial charge in [0.15, 0.2) is 5.17 Å². The van der Waals surface area contributed by atoms with Crippen molar-refractivity contribution in [1.29, 1.82) is 0 Å². The summed E-state index contributed by atoms with van der Waals surface area (Å²) in [5.41, 5.74) is 5.06. The molecule has 0 unspecified atom stereocenters. The molecule has 2 heterocycles. The second-order valence-electron chi connectivity index (χ2n) is 8.35. The Labute approximate surface area is 220 Å². The lowest BCUT2D eigenvalue weighted by Gasteiger charge is -2.14. The first-order valence-corrected chi connectivity index (χ1v) is 12.5. The molecule has 0 radical (unpaired) electrons. The SMILES string of the molecule is COCCN1C(=O)/C(=C/c2cc(C)n(-c3ccc(C(=O)OC)cc3)c2C)SC1=Nc1ccc(OC)cc1. The highest BCUT2D eigenvalue weighted by molar-refractivity contribution is 8.18. The average Bonchev–Trinajstić information content (AvgIpc) is 3.36. The Bertz CT molecular complexity index is 1360. The highest BCUT2D eigenvalue weighted by atomic mass is 32.2. The molecule has 1 aliphatic heterocycles. The first kappa shape index (κ1) is 26.2. The lowest BCUT2D eigenvalue weighted by Crippen LogP contribution is -2.32. The van der Waals surface area contributed by atoms with Gasteiger partial charge in [0.1, 0.15) is 5.75 Å². The zero-order chi connectivity index (χ0) is 26.5. The fraction of sp³-hybridized carbons (Fsp3) is 0.250. The van der Waals surface area contributed by atoms with Crippen LogP contribution in [0.5, 0.6) is 5.75 Å². The van der Waals surface area contributed by atoms with Crippen molar-refractivity contribution in [3.8, 4) is 11.4 Å². The van der Waals surface area contributed by atoms with Crippen LogP contribution in [0.2, 0.25) is 0 Å². The Morgan fingerprint density at radius 2 is 1.73 bits per heavy atom. The molecule has 3 aromatic rings. The summed E-state index contributed by atoms with van der Waals surface area (Å²) in [6.45, 7) is 4.82. The van der Waals surface area contributed by atoms with Crippen molar-refractivity contribution < 1.29 is 23.8 Å². The van der Waals surface area contributed by atoms with E-state index in [-0.39, 0.29) is 11.9 Å². The van der Waals surface area contributed by atoms with E-state index in [1.807, 2.05) is 62.4 Å². The van der Waals surface area contributed by atoms with Gasteiger partial charge in [-0.25, -0.2) is 9.79 Å². The van der Waals surface area contributed by atoms with E-state index in [9.17, 15) is 9.59 Å². The lowest BCUT2D eigenvalue weighted by atomic mass is 10.2. The van der Waals surface area contributed by atoms with Gasteiger partial charge in [0.25, 0.3) is 5.91 Å². The molecule has 0 atom stereocenters. The first-order valence-electron chi connectivity index (χ1n) is 11.7. The number of aryl methyl sites for hydroxylation is 1. The van der Waals surface area contributed by atoms with E-state index in [1.54, 1.807) is 31.3 Å². The Balaban J connectivity index is 1.66.